The molecule has 2 aromatic heterocycles. The largest absolute Gasteiger partial charge is 0.433 e. The van der Waals surface area contributed by atoms with E-state index in [9.17, 15) is 18.0 Å². The number of amides is 1. The van der Waals surface area contributed by atoms with Gasteiger partial charge in [-0.2, -0.15) is 13.2 Å². The van der Waals surface area contributed by atoms with Crippen molar-refractivity contribution in [2.45, 2.75) is 30.1 Å². The Morgan fingerprint density at radius 3 is 2.45 bits per heavy atom. The van der Waals surface area contributed by atoms with Crippen molar-refractivity contribution in [3.8, 4) is 11.3 Å². The van der Waals surface area contributed by atoms with E-state index in [1.165, 1.54) is 0 Å². The van der Waals surface area contributed by atoms with Gasteiger partial charge in [0.05, 0.1) is 10.9 Å². The first kappa shape index (κ1) is 20.8. The van der Waals surface area contributed by atoms with Gasteiger partial charge in [-0.3, -0.25) is 9.78 Å². The second-order valence-electron chi connectivity index (χ2n) is 6.12. The van der Waals surface area contributed by atoms with Crippen LogP contribution in [0.1, 0.15) is 18.2 Å². The summed E-state index contributed by atoms with van der Waals surface area (Å²) >= 11 is 0.879. The summed E-state index contributed by atoms with van der Waals surface area (Å²) in [5.74, 6) is -0.325. The van der Waals surface area contributed by atoms with E-state index >= 15 is 0 Å². The number of nitrogens with zero attached hydrogens (tertiary/aromatic N) is 3. The molecule has 0 aliphatic rings. The molecule has 0 saturated heterocycles. The van der Waals surface area contributed by atoms with Gasteiger partial charge in [0.25, 0.3) is 0 Å². The van der Waals surface area contributed by atoms with Crippen LogP contribution in [-0.2, 0) is 17.5 Å². The van der Waals surface area contributed by atoms with E-state index in [2.05, 4.69) is 20.3 Å². The molecule has 29 heavy (non-hydrogen) atoms. The number of carbonyl (C=O) groups is 1. The predicted molar refractivity (Wildman–Crippen MR) is 104 cm³/mol. The van der Waals surface area contributed by atoms with Crippen LogP contribution in [0.4, 0.5) is 13.2 Å². The van der Waals surface area contributed by atoms with E-state index in [0.717, 1.165) is 23.4 Å². The van der Waals surface area contributed by atoms with Gasteiger partial charge in [-0.25, -0.2) is 9.97 Å². The maximum absolute atomic E-state index is 13.3. The van der Waals surface area contributed by atoms with E-state index in [-0.39, 0.29) is 16.8 Å². The van der Waals surface area contributed by atoms with Crippen LogP contribution < -0.4 is 5.32 Å². The maximum atomic E-state index is 13.3. The number of thioether (sulfide) groups is 1. The van der Waals surface area contributed by atoms with Crippen molar-refractivity contribution >= 4 is 17.7 Å². The average Bonchev–Trinajstić information content (AvgIpc) is 2.72. The van der Waals surface area contributed by atoms with Gasteiger partial charge in [-0.1, -0.05) is 42.1 Å². The standard InChI is InChI=1S/C20H17F3N4OS/c1-13(18(28)25-12-14-7-9-24-10-8-14)29-19-26-16(15-5-3-2-4-6-15)11-17(27-19)20(21,22)23/h2-11,13H,12H2,1H3,(H,25,28)/t13-/m0/s1. The minimum atomic E-state index is -4.62. The third-order valence-electron chi connectivity index (χ3n) is 3.93. The topological polar surface area (TPSA) is 67.8 Å². The van der Waals surface area contributed by atoms with Crippen molar-refractivity contribution < 1.29 is 18.0 Å². The summed E-state index contributed by atoms with van der Waals surface area (Å²) in [4.78, 5) is 24.1. The Labute approximate surface area is 169 Å². The van der Waals surface area contributed by atoms with Gasteiger partial charge in [0.2, 0.25) is 5.91 Å². The van der Waals surface area contributed by atoms with Crippen molar-refractivity contribution in [2.75, 3.05) is 0 Å². The highest BCUT2D eigenvalue weighted by molar-refractivity contribution is 8.00. The number of hydrogen-bond acceptors (Lipinski definition) is 5. The minimum Gasteiger partial charge on any atom is -0.351 e. The second kappa shape index (κ2) is 9.04. The SMILES string of the molecule is C[C@H](Sc1nc(-c2ccccc2)cc(C(F)(F)F)n1)C(=O)NCc1ccncc1. The lowest BCUT2D eigenvalue weighted by molar-refractivity contribution is -0.141. The fourth-order valence-corrected chi connectivity index (χ4v) is 3.23. The van der Waals surface area contributed by atoms with Crippen LogP contribution in [0.15, 0.2) is 66.1 Å². The quantitative estimate of drug-likeness (QED) is 0.476. The molecule has 3 aromatic rings. The highest BCUT2D eigenvalue weighted by atomic mass is 32.2. The minimum absolute atomic E-state index is 0.106. The lowest BCUT2D eigenvalue weighted by Gasteiger charge is -2.14. The average molecular weight is 418 g/mol. The van der Waals surface area contributed by atoms with E-state index in [0.29, 0.717) is 12.1 Å². The van der Waals surface area contributed by atoms with Gasteiger partial charge in [-0.15, -0.1) is 0 Å². The van der Waals surface area contributed by atoms with Crippen LogP contribution in [0.3, 0.4) is 0 Å². The Kier molecular flexibility index (Phi) is 6.48. The summed E-state index contributed by atoms with van der Waals surface area (Å²) in [7, 11) is 0. The fraction of sp³-hybridized carbons (Fsp3) is 0.200. The second-order valence-corrected chi connectivity index (χ2v) is 7.43. The molecule has 150 valence electrons. The summed E-state index contributed by atoms with van der Waals surface area (Å²) in [6.07, 6.45) is -1.39. The number of rotatable bonds is 6. The van der Waals surface area contributed by atoms with Gasteiger partial charge in [0.1, 0.15) is 5.69 Å². The molecule has 0 saturated carbocycles. The van der Waals surface area contributed by atoms with Gasteiger partial charge >= 0.3 is 6.18 Å². The van der Waals surface area contributed by atoms with Gasteiger partial charge in [0.15, 0.2) is 5.16 Å². The van der Waals surface area contributed by atoms with Crippen LogP contribution in [-0.4, -0.2) is 26.1 Å². The molecule has 1 aromatic carbocycles. The number of aromatic nitrogens is 3. The van der Waals surface area contributed by atoms with Crippen molar-refractivity contribution in [3.05, 3.63) is 72.2 Å². The van der Waals surface area contributed by atoms with E-state index in [1.54, 1.807) is 61.8 Å². The third kappa shape index (κ3) is 5.77. The molecule has 0 fully saturated rings. The summed E-state index contributed by atoms with van der Waals surface area (Å²) in [6.45, 7) is 1.89. The molecule has 1 amide bonds. The smallest absolute Gasteiger partial charge is 0.351 e. The van der Waals surface area contributed by atoms with Crippen LogP contribution in [0.5, 0.6) is 0 Å². The van der Waals surface area contributed by atoms with E-state index < -0.39 is 17.1 Å². The number of pyridine rings is 1. The molecule has 9 heteroatoms. The van der Waals surface area contributed by atoms with Gasteiger partial charge in [0, 0.05) is 24.5 Å². The lowest BCUT2D eigenvalue weighted by atomic mass is 10.1. The number of hydrogen-bond donors (Lipinski definition) is 1. The molecule has 1 N–H and O–H groups in total. The predicted octanol–water partition coefficient (Wildman–Crippen LogP) is 4.35. The first-order chi connectivity index (χ1) is 13.8. The Hall–Kier alpha value is -2.94. The zero-order valence-corrected chi connectivity index (χ0v) is 16.2. The monoisotopic (exact) mass is 418 g/mol. The van der Waals surface area contributed by atoms with Crippen molar-refractivity contribution in [2.24, 2.45) is 0 Å². The molecule has 0 aliphatic heterocycles. The third-order valence-corrected chi connectivity index (χ3v) is 4.89. The molecular formula is C20H17F3N4OS. The van der Waals surface area contributed by atoms with Crippen molar-refractivity contribution in [1.82, 2.24) is 20.3 Å². The normalized spacial score (nSPS) is 12.4. The maximum Gasteiger partial charge on any atom is 0.433 e. The van der Waals surface area contributed by atoms with Crippen LogP contribution >= 0.6 is 11.8 Å². The molecule has 0 unspecified atom stereocenters. The van der Waals surface area contributed by atoms with Gasteiger partial charge < -0.3 is 5.32 Å². The zero-order chi connectivity index (χ0) is 20.9. The molecule has 3 rings (SSSR count). The number of benzene rings is 1. The van der Waals surface area contributed by atoms with E-state index in [4.69, 9.17) is 0 Å². The van der Waals surface area contributed by atoms with Crippen LogP contribution in [0, 0.1) is 0 Å². The summed E-state index contributed by atoms with van der Waals surface area (Å²) in [5.41, 5.74) is 0.516. The first-order valence-corrected chi connectivity index (χ1v) is 9.56. The first-order valence-electron chi connectivity index (χ1n) is 8.68. The molecule has 0 radical (unpaired) electrons. The molecule has 0 bridgehead atoms. The summed E-state index contributed by atoms with van der Waals surface area (Å²) < 4.78 is 39.9. The highest BCUT2D eigenvalue weighted by Gasteiger charge is 2.34. The Morgan fingerprint density at radius 2 is 1.79 bits per heavy atom. The summed E-state index contributed by atoms with van der Waals surface area (Å²) in [5, 5.41) is 1.96. The highest BCUT2D eigenvalue weighted by Crippen LogP contribution is 2.32. The molecule has 0 spiro atoms. The molecule has 0 aliphatic carbocycles. The van der Waals surface area contributed by atoms with Crippen molar-refractivity contribution in [3.63, 3.8) is 0 Å². The lowest BCUT2D eigenvalue weighted by Crippen LogP contribution is -2.30. The number of nitrogens with one attached hydrogen (secondary N) is 1. The number of halogens is 3. The molecule has 2 heterocycles. The van der Waals surface area contributed by atoms with E-state index in [1.807, 2.05) is 0 Å². The fourth-order valence-electron chi connectivity index (χ4n) is 2.43. The van der Waals surface area contributed by atoms with Gasteiger partial charge in [-0.05, 0) is 30.7 Å². The Balaban J connectivity index is 1.77. The zero-order valence-electron chi connectivity index (χ0n) is 15.3. The number of carbonyl (C=O) groups excluding carboxylic acids is 1. The summed E-state index contributed by atoms with van der Waals surface area (Å²) in [6, 6.07) is 13.0. The molecule has 1 atom stereocenters. The van der Waals surface area contributed by atoms with Crippen LogP contribution in [0.2, 0.25) is 0 Å². The van der Waals surface area contributed by atoms with Crippen LogP contribution in [0.25, 0.3) is 11.3 Å². The van der Waals surface area contributed by atoms with Crippen molar-refractivity contribution in [1.29, 1.82) is 0 Å². The molecular weight excluding hydrogens is 401 g/mol. The number of alkyl halides is 3. The molecule has 5 nitrogen and oxygen atoms in total. The Bertz CT molecular complexity index is 968. The Morgan fingerprint density at radius 1 is 1.10 bits per heavy atom.